The van der Waals surface area contributed by atoms with Crippen molar-refractivity contribution in [3.63, 3.8) is 0 Å². The van der Waals surface area contributed by atoms with Gasteiger partial charge in [-0.2, -0.15) is 11.8 Å². The van der Waals surface area contributed by atoms with Crippen LogP contribution in [0.3, 0.4) is 0 Å². The van der Waals surface area contributed by atoms with Gasteiger partial charge in [0, 0.05) is 6.42 Å². The van der Waals surface area contributed by atoms with E-state index in [1.165, 1.54) is 35.7 Å². The molecule has 1 aliphatic rings. The van der Waals surface area contributed by atoms with Crippen LogP contribution in [0.25, 0.3) is 5.52 Å². The van der Waals surface area contributed by atoms with Crippen molar-refractivity contribution in [3.05, 3.63) is 34.8 Å². The van der Waals surface area contributed by atoms with E-state index in [1.807, 2.05) is 6.20 Å². The maximum absolute atomic E-state index is 4.57. The highest BCUT2D eigenvalue weighted by Crippen LogP contribution is 2.26. The van der Waals surface area contributed by atoms with E-state index in [0.717, 1.165) is 16.9 Å². The van der Waals surface area contributed by atoms with Gasteiger partial charge in [0.15, 0.2) is 0 Å². The van der Waals surface area contributed by atoms with Gasteiger partial charge >= 0.3 is 0 Å². The summed E-state index contributed by atoms with van der Waals surface area (Å²) in [5.74, 6) is 4.62. The number of halogens is 1. The molecule has 4 heteroatoms. The molecule has 2 aromatic rings. The van der Waals surface area contributed by atoms with Crippen molar-refractivity contribution in [1.29, 1.82) is 0 Å². The van der Waals surface area contributed by atoms with E-state index in [9.17, 15) is 0 Å². The van der Waals surface area contributed by atoms with Crippen LogP contribution in [0.2, 0.25) is 0 Å². The summed E-state index contributed by atoms with van der Waals surface area (Å²) in [4.78, 5) is 4.57. The number of pyridine rings is 1. The number of aromatic nitrogens is 2. The van der Waals surface area contributed by atoms with Crippen LogP contribution in [0, 0.1) is 5.92 Å². The van der Waals surface area contributed by atoms with Crippen LogP contribution in [0.4, 0.5) is 0 Å². The third kappa shape index (κ3) is 2.38. The first-order chi connectivity index (χ1) is 8.34. The van der Waals surface area contributed by atoms with Crippen molar-refractivity contribution in [2.45, 2.75) is 19.3 Å². The van der Waals surface area contributed by atoms with Gasteiger partial charge in [0.25, 0.3) is 0 Å². The molecule has 1 aliphatic heterocycles. The molecule has 0 N–H and O–H groups in total. The molecule has 1 fully saturated rings. The highest BCUT2D eigenvalue weighted by atomic mass is 79.9. The molecular formula is C13H15BrN2S. The Labute approximate surface area is 114 Å². The lowest BCUT2D eigenvalue weighted by Gasteiger charge is -2.20. The molecule has 0 saturated carbocycles. The smallest absolute Gasteiger partial charge is 0.114 e. The largest absolute Gasteiger partial charge is 0.291 e. The summed E-state index contributed by atoms with van der Waals surface area (Å²) >= 11 is 5.70. The zero-order valence-electron chi connectivity index (χ0n) is 9.60. The van der Waals surface area contributed by atoms with Crippen molar-refractivity contribution >= 4 is 33.2 Å². The Bertz CT molecular complexity index is 517. The van der Waals surface area contributed by atoms with Crippen LogP contribution in [-0.4, -0.2) is 20.9 Å². The summed E-state index contributed by atoms with van der Waals surface area (Å²) in [6, 6.07) is 6.24. The minimum Gasteiger partial charge on any atom is -0.291 e. The van der Waals surface area contributed by atoms with Gasteiger partial charge in [-0.05, 0) is 58.3 Å². The van der Waals surface area contributed by atoms with Gasteiger partial charge < -0.3 is 0 Å². The minimum absolute atomic E-state index is 0.798. The second-order valence-corrected chi connectivity index (χ2v) is 6.53. The zero-order valence-corrected chi connectivity index (χ0v) is 12.0. The van der Waals surface area contributed by atoms with Crippen molar-refractivity contribution in [2.24, 2.45) is 5.92 Å². The molecule has 90 valence electrons. The van der Waals surface area contributed by atoms with E-state index in [1.54, 1.807) is 0 Å². The van der Waals surface area contributed by atoms with Gasteiger partial charge in [-0.3, -0.25) is 4.40 Å². The van der Waals surface area contributed by atoms with E-state index >= 15 is 0 Å². The lowest BCUT2D eigenvalue weighted by atomic mass is 10.0. The molecule has 0 radical (unpaired) electrons. The normalized spacial score (nSPS) is 20.9. The molecule has 3 rings (SSSR count). The van der Waals surface area contributed by atoms with Gasteiger partial charge in [0.05, 0.1) is 16.3 Å². The summed E-state index contributed by atoms with van der Waals surface area (Å²) in [5.41, 5.74) is 1.18. The number of imidazole rings is 1. The number of nitrogens with zero attached hydrogens (tertiary/aromatic N) is 2. The first-order valence-corrected chi connectivity index (χ1v) is 7.98. The fourth-order valence-electron chi connectivity index (χ4n) is 2.44. The van der Waals surface area contributed by atoms with Gasteiger partial charge in [0.1, 0.15) is 5.82 Å². The molecule has 1 atom stereocenters. The maximum Gasteiger partial charge on any atom is 0.114 e. The lowest BCUT2D eigenvalue weighted by molar-refractivity contribution is 0.507. The van der Waals surface area contributed by atoms with Crippen LogP contribution in [-0.2, 0) is 6.42 Å². The zero-order chi connectivity index (χ0) is 11.7. The number of hydrogen-bond acceptors (Lipinski definition) is 2. The van der Waals surface area contributed by atoms with Crippen LogP contribution >= 0.6 is 27.7 Å². The fourth-order valence-corrected chi connectivity index (χ4v) is 4.16. The minimum atomic E-state index is 0.798. The standard InChI is InChI=1S/C13H15BrN2S/c14-12-5-1-4-11-8-15-13(16(11)12)7-10-3-2-6-17-9-10/h1,4-5,8,10H,2-3,6-7,9H2. The van der Waals surface area contributed by atoms with Crippen LogP contribution in [0.1, 0.15) is 18.7 Å². The Morgan fingerprint density at radius 1 is 1.47 bits per heavy atom. The summed E-state index contributed by atoms with van der Waals surface area (Å²) in [6.07, 6.45) is 5.78. The Hall–Kier alpha value is -0.480. The van der Waals surface area contributed by atoms with Gasteiger partial charge in [0.2, 0.25) is 0 Å². The van der Waals surface area contributed by atoms with Gasteiger partial charge in [-0.1, -0.05) is 6.07 Å². The highest BCUT2D eigenvalue weighted by Gasteiger charge is 2.17. The van der Waals surface area contributed by atoms with Gasteiger partial charge in [-0.15, -0.1) is 0 Å². The lowest BCUT2D eigenvalue weighted by Crippen LogP contribution is -2.15. The predicted molar refractivity (Wildman–Crippen MR) is 76.6 cm³/mol. The van der Waals surface area contributed by atoms with Crippen LogP contribution in [0.15, 0.2) is 29.0 Å². The molecule has 0 aromatic carbocycles. The number of hydrogen-bond donors (Lipinski definition) is 0. The second-order valence-electron chi connectivity index (χ2n) is 4.57. The molecular weight excluding hydrogens is 296 g/mol. The van der Waals surface area contributed by atoms with Crippen LogP contribution in [0.5, 0.6) is 0 Å². The van der Waals surface area contributed by atoms with E-state index < -0.39 is 0 Å². The number of fused-ring (bicyclic) bond motifs is 1. The topological polar surface area (TPSA) is 17.3 Å². The van der Waals surface area contributed by atoms with Crippen molar-refractivity contribution in [1.82, 2.24) is 9.38 Å². The molecule has 1 saturated heterocycles. The summed E-state index contributed by atoms with van der Waals surface area (Å²) in [6.45, 7) is 0. The van der Waals surface area contributed by atoms with Crippen molar-refractivity contribution in [3.8, 4) is 0 Å². The first kappa shape index (κ1) is 11.6. The van der Waals surface area contributed by atoms with Crippen LogP contribution < -0.4 is 0 Å². The molecule has 2 nitrogen and oxygen atoms in total. The molecule has 17 heavy (non-hydrogen) atoms. The van der Waals surface area contributed by atoms with E-state index in [4.69, 9.17) is 0 Å². The molecule has 3 heterocycles. The fraction of sp³-hybridized carbons (Fsp3) is 0.462. The second kappa shape index (κ2) is 5.02. The van der Waals surface area contributed by atoms with Gasteiger partial charge in [-0.25, -0.2) is 4.98 Å². The Kier molecular flexibility index (Phi) is 3.43. The molecule has 0 bridgehead atoms. The number of rotatable bonds is 2. The van der Waals surface area contributed by atoms with E-state index in [-0.39, 0.29) is 0 Å². The van der Waals surface area contributed by atoms with E-state index in [2.05, 4.69) is 55.3 Å². The third-order valence-corrected chi connectivity index (χ3v) is 5.21. The first-order valence-electron chi connectivity index (χ1n) is 6.03. The SMILES string of the molecule is Brc1cccc2cnc(CC3CCCSC3)n12. The Balaban J connectivity index is 1.89. The molecule has 2 aromatic heterocycles. The summed E-state index contributed by atoms with van der Waals surface area (Å²) < 4.78 is 3.32. The summed E-state index contributed by atoms with van der Waals surface area (Å²) in [5, 5.41) is 0. The van der Waals surface area contributed by atoms with E-state index in [0.29, 0.717) is 0 Å². The molecule has 1 unspecified atom stereocenters. The predicted octanol–water partition coefficient (Wildman–Crippen LogP) is 3.78. The van der Waals surface area contributed by atoms with Crippen molar-refractivity contribution < 1.29 is 0 Å². The molecule has 0 aliphatic carbocycles. The Morgan fingerprint density at radius 2 is 2.41 bits per heavy atom. The summed E-state index contributed by atoms with van der Waals surface area (Å²) in [7, 11) is 0. The quantitative estimate of drug-likeness (QED) is 0.785. The molecule has 0 spiro atoms. The number of thioether (sulfide) groups is 1. The average Bonchev–Trinajstić information content (AvgIpc) is 2.75. The average molecular weight is 311 g/mol. The Morgan fingerprint density at radius 3 is 3.24 bits per heavy atom. The molecule has 0 amide bonds. The monoisotopic (exact) mass is 310 g/mol. The highest BCUT2D eigenvalue weighted by molar-refractivity contribution is 9.10. The maximum atomic E-state index is 4.57. The van der Waals surface area contributed by atoms with Crippen molar-refractivity contribution in [2.75, 3.05) is 11.5 Å². The third-order valence-electron chi connectivity index (χ3n) is 3.30.